The molecule has 0 aromatic carbocycles. The predicted octanol–water partition coefficient (Wildman–Crippen LogP) is 1.73. The van der Waals surface area contributed by atoms with E-state index < -0.39 is 4.87 Å². The van der Waals surface area contributed by atoms with Gasteiger partial charge in [-0.3, -0.25) is 14.2 Å². The maximum atomic E-state index is 13.6. The summed E-state index contributed by atoms with van der Waals surface area (Å²) in [5, 5.41) is 7.96. The molecule has 3 aromatic rings. The number of amides is 1. The molecule has 2 aliphatic heterocycles. The summed E-state index contributed by atoms with van der Waals surface area (Å²) >= 11 is 11.4. The minimum absolute atomic E-state index is 0.0175. The topological polar surface area (TPSA) is 123 Å². The summed E-state index contributed by atoms with van der Waals surface area (Å²) in [5.74, 6) is 0.780. The first-order valence-corrected chi connectivity index (χ1v) is 11.4. The molecule has 6 rings (SSSR count). The molecule has 0 bridgehead atoms. The van der Waals surface area contributed by atoms with Gasteiger partial charge in [-0.25, -0.2) is 9.50 Å². The third kappa shape index (κ3) is 2.46. The van der Waals surface area contributed by atoms with Gasteiger partial charge in [0.1, 0.15) is 21.8 Å². The lowest BCUT2D eigenvalue weighted by atomic mass is 9.86. The Morgan fingerprint density at radius 3 is 2.78 bits per heavy atom. The molecule has 2 fully saturated rings. The Morgan fingerprint density at radius 2 is 2.09 bits per heavy atom. The fourth-order valence-electron chi connectivity index (χ4n) is 4.88. The zero-order valence-corrected chi connectivity index (χ0v) is 18.9. The van der Waals surface area contributed by atoms with Crippen molar-refractivity contribution in [1.82, 2.24) is 29.5 Å². The van der Waals surface area contributed by atoms with Crippen LogP contribution in [-0.4, -0.2) is 36.6 Å². The van der Waals surface area contributed by atoms with Gasteiger partial charge in [0.05, 0.1) is 17.3 Å². The molecule has 0 radical (unpaired) electrons. The fourth-order valence-corrected chi connectivity index (χ4v) is 5.52. The Balaban J connectivity index is 1.59. The molecule has 32 heavy (non-hydrogen) atoms. The normalized spacial score (nSPS) is 24.9. The lowest BCUT2D eigenvalue weighted by Gasteiger charge is -2.55. The van der Waals surface area contributed by atoms with Gasteiger partial charge < -0.3 is 16.0 Å². The van der Waals surface area contributed by atoms with E-state index in [2.05, 4.69) is 15.3 Å². The number of aromatic nitrogens is 5. The molecule has 1 aliphatic carbocycles. The van der Waals surface area contributed by atoms with Crippen LogP contribution in [-0.2, 0) is 11.4 Å². The van der Waals surface area contributed by atoms with Crippen LogP contribution < -0.4 is 21.5 Å². The van der Waals surface area contributed by atoms with Gasteiger partial charge in [-0.05, 0) is 25.3 Å². The Kier molecular flexibility index (Phi) is 4.10. The first kappa shape index (κ1) is 19.9. The number of nitrogen functional groups attached to an aromatic ring is 1. The molecular weight excluding hydrogens is 452 g/mol. The number of halogens is 1. The number of hydrogen-bond donors (Lipinski definition) is 3. The first-order valence-electron chi connectivity index (χ1n) is 10.5. The summed E-state index contributed by atoms with van der Waals surface area (Å²) in [5.41, 5.74) is 7.08. The minimum Gasteiger partial charge on any atom is -0.368 e. The van der Waals surface area contributed by atoms with Crippen LogP contribution in [0.25, 0.3) is 5.52 Å². The highest BCUT2D eigenvalue weighted by molar-refractivity contribution is 7.81. The van der Waals surface area contributed by atoms with Crippen molar-refractivity contribution in [2.45, 2.75) is 43.6 Å². The third-order valence-corrected chi connectivity index (χ3v) is 8.06. The van der Waals surface area contributed by atoms with Gasteiger partial charge in [0.15, 0.2) is 5.82 Å². The number of nitrogens with zero attached hydrogens (tertiary/aromatic N) is 6. The molecule has 166 valence electrons. The van der Waals surface area contributed by atoms with E-state index in [-0.39, 0.29) is 29.4 Å². The highest BCUT2D eigenvalue weighted by atomic mass is 35.5. The highest BCUT2D eigenvalue weighted by Gasteiger charge is 2.56. The van der Waals surface area contributed by atoms with Gasteiger partial charge in [-0.2, -0.15) is 10.1 Å². The largest absolute Gasteiger partial charge is 0.368 e. The molecule has 1 amide bonds. The van der Waals surface area contributed by atoms with E-state index >= 15 is 0 Å². The fraction of sp³-hybridized carbons (Fsp3) is 0.450. The van der Waals surface area contributed by atoms with Crippen LogP contribution in [0.1, 0.15) is 54.1 Å². The van der Waals surface area contributed by atoms with Crippen molar-refractivity contribution in [1.29, 1.82) is 0 Å². The van der Waals surface area contributed by atoms with E-state index in [1.165, 1.54) is 4.52 Å². The minimum atomic E-state index is -0.975. The second-order valence-electron chi connectivity index (χ2n) is 8.69. The highest BCUT2D eigenvalue weighted by Crippen LogP contribution is 2.51. The van der Waals surface area contributed by atoms with Crippen molar-refractivity contribution >= 4 is 47.4 Å². The summed E-state index contributed by atoms with van der Waals surface area (Å²) in [7, 11) is 0. The lowest BCUT2D eigenvalue weighted by molar-refractivity contribution is 0.0965. The van der Waals surface area contributed by atoms with Gasteiger partial charge in [0, 0.05) is 24.7 Å². The van der Waals surface area contributed by atoms with Gasteiger partial charge in [-0.15, -0.1) is 12.6 Å². The molecule has 10 nitrogen and oxygen atoms in total. The van der Waals surface area contributed by atoms with Crippen LogP contribution in [0, 0.1) is 5.92 Å². The predicted molar refractivity (Wildman–Crippen MR) is 122 cm³/mol. The van der Waals surface area contributed by atoms with Crippen LogP contribution in [0.4, 0.5) is 11.8 Å². The van der Waals surface area contributed by atoms with E-state index in [4.69, 9.17) is 35.1 Å². The van der Waals surface area contributed by atoms with E-state index in [1.807, 2.05) is 11.8 Å². The molecule has 3 N–H and O–H groups in total. The molecule has 3 aliphatic rings. The zero-order chi connectivity index (χ0) is 22.4. The summed E-state index contributed by atoms with van der Waals surface area (Å²) in [4.78, 5) is 35.7. The lowest BCUT2D eigenvalue weighted by Crippen LogP contribution is -2.64. The van der Waals surface area contributed by atoms with Crippen molar-refractivity contribution in [2.24, 2.45) is 5.92 Å². The number of nitrogens with two attached hydrogens (primary N) is 1. The van der Waals surface area contributed by atoms with Crippen LogP contribution in [0.5, 0.6) is 0 Å². The summed E-state index contributed by atoms with van der Waals surface area (Å²) in [6, 6.07) is 1.69. The Hall–Kier alpha value is -2.79. The molecule has 3 aromatic heterocycles. The Bertz CT molecular complexity index is 1370. The second-order valence-corrected chi connectivity index (χ2v) is 9.78. The van der Waals surface area contributed by atoms with Gasteiger partial charge in [0.25, 0.3) is 11.5 Å². The van der Waals surface area contributed by atoms with Crippen molar-refractivity contribution in [3.8, 4) is 0 Å². The standard InChI is InChI=1S/C20H21ClN8O2S/c1-9-8-27(15-13-12(7-23-16(13)30)24-19(22)25-15)20(9,32)18-26-28-6-5-11(21)14(28)17(31)29(18)10-3-2-4-10/h5-6,9-10,32H,2-4,7-8H2,1H3,(H,23,30)(H2,22,24,25)/t9-,20?/m0/s1. The molecule has 5 heterocycles. The Morgan fingerprint density at radius 1 is 1.31 bits per heavy atom. The van der Waals surface area contributed by atoms with Gasteiger partial charge >= 0.3 is 0 Å². The second kappa shape index (κ2) is 6.61. The summed E-state index contributed by atoms with van der Waals surface area (Å²) in [6.07, 6.45) is 4.50. The van der Waals surface area contributed by atoms with E-state index in [0.29, 0.717) is 46.5 Å². The summed E-state index contributed by atoms with van der Waals surface area (Å²) < 4.78 is 3.26. The van der Waals surface area contributed by atoms with Crippen molar-refractivity contribution in [3.63, 3.8) is 0 Å². The third-order valence-electron chi connectivity index (χ3n) is 6.87. The monoisotopic (exact) mass is 472 g/mol. The molecule has 12 heteroatoms. The SMILES string of the molecule is C[C@H]1CN(c2nc(N)nc3c2C(=O)NC3)C1(S)c1nn2ccc(Cl)c2c(=O)n1C1CCC1. The van der Waals surface area contributed by atoms with Crippen LogP contribution in [0.2, 0.25) is 5.02 Å². The van der Waals surface area contributed by atoms with Gasteiger partial charge in [-0.1, -0.05) is 18.5 Å². The number of fused-ring (bicyclic) bond motifs is 2. The Labute approximate surface area is 193 Å². The quantitative estimate of drug-likeness (QED) is 0.496. The average Bonchev–Trinajstić information content (AvgIpc) is 3.28. The number of anilines is 2. The molecule has 1 saturated heterocycles. The summed E-state index contributed by atoms with van der Waals surface area (Å²) in [6.45, 7) is 2.92. The molecule has 2 atom stereocenters. The smallest absolute Gasteiger partial charge is 0.279 e. The van der Waals surface area contributed by atoms with Crippen LogP contribution >= 0.6 is 24.2 Å². The van der Waals surface area contributed by atoms with Crippen molar-refractivity contribution < 1.29 is 4.79 Å². The zero-order valence-electron chi connectivity index (χ0n) is 17.2. The van der Waals surface area contributed by atoms with E-state index in [0.717, 1.165) is 19.3 Å². The van der Waals surface area contributed by atoms with Crippen molar-refractivity contribution in [3.05, 3.63) is 44.7 Å². The number of nitrogens with one attached hydrogen (secondary N) is 1. The maximum Gasteiger partial charge on any atom is 0.279 e. The van der Waals surface area contributed by atoms with E-state index in [1.54, 1.807) is 16.8 Å². The number of hydrogen-bond acceptors (Lipinski definition) is 8. The van der Waals surface area contributed by atoms with Crippen molar-refractivity contribution in [2.75, 3.05) is 17.2 Å². The molecular formula is C20H21ClN8O2S. The number of rotatable bonds is 3. The average molecular weight is 473 g/mol. The first-order chi connectivity index (χ1) is 15.3. The molecule has 0 spiro atoms. The maximum absolute atomic E-state index is 13.6. The number of thiol groups is 1. The van der Waals surface area contributed by atoms with E-state index in [9.17, 15) is 9.59 Å². The molecule has 1 unspecified atom stereocenters. The number of carbonyl (C=O) groups excluding carboxylic acids is 1. The molecule has 1 saturated carbocycles. The van der Waals surface area contributed by atoms with Crippen LogP contribution in [0.3, 0.4) is 0 Å². The van der Waals surface area contributed by atoms with Crippen LogP contribution in [0.15, 0.2) is 17.1 Å². The number of carbonyl (C=O) groups is 1. The van der Waals surface area contributed by atoms with Gasteiger partial charge in [0.2, 0.25) is 5.95 Å².